The summed E-state index contributed by atoms with van der Waals surface area (Å²) >= 11 is 0. The molecule has 4 heteroatoms. The van der Waals surface area contributed by atoms with E-state index in [-0.39, 0.29) is 11.3 Å². The first kappa shape index (κ1) is 25.0. The quantitative estimate of drug-likeness (QED) is 0.384. The lowest BCUT2D eigenvalue weighted by Gasteiger charge is -2.31. The Morgan fingerprint density at radius 2 is 1.69 bits per heavy atom. The minimum absolute atomic E-state index is 0.0480. The lowest BCUT2D eigenvalue weighted by molar-refractivity contribution is 0.419. The molecule has 0 amide bonds. The lowest BCUT2D eigenvalue weighted by atomic mass is 9.78. The van der Waals surface area contributed by atoms with Gasteiger partial charge in [-0.15, -0.1) is 4.20 Å². The molecule has 0 spiro atoms. The first-order chi connectivity index (χ1) is 15.1. The summed E-state index contributed by atoms with van der Waals surface area (Å²) in [4.78, 5) is 0. The second-order valence-electron chi connectivity index (χ2n) is 10.1. The maximum Gasteiger partial charge on any atom is 0.505 e. The minimum Gasteiger partial charge on any atom is -0.414 e. The van der Waals surface area contributed by atoms with Crippen LogP contribution in [-0.2, 0) is 11.8 Å². The third-order valence-electron chi connectivity index (χ3n) is 7.43. The van der Waals surface area contributed by atoms with E-state index in [1.54, 1.807) is 0 Å². The van der Waals surface area contributed by atoms with E-state index in [2.05, 4.69) is 72.7 Å². The van der Waals surface area contributed by atoms with Crippen molar-refractivity contribution in [1.29, 1.82) is 0 Å². The fourth-order valence-corrected chi connectivity index (χ4v) is 5.22. The van der Waals surface area contributed by atoms with Crippen molar-refractivity contribution in [3.05, 3.63) is 57.6 Å². The zero-order valence-electron chi connectivity index (χ0n) is 21.1. The third kappa shape index (κ3) is 4.98. The van der Waals surface area contributed by atoms with Gasteiger partial charge < -0.3 is 9.05 Å². The van der Waals surface area contributed by atoms with Gasteiger partial charge in [0.1, 0.15) is 11.5 Å². The van der Waals surface area contributed by atoms with Gasteiger partial charge in [-0.2, -0.15) is 0 Å². The van der Waals surface area contributed by atoms with Gasteiger partial charge in [-0.25, -0.2) is 0 Å². The van der Waals surface area contributed by atoms with Crippen LogP contribution in [0.4, 0.5) is 4.20 Å². The van der Waals surface area contributed by atoms with Gasteiger partial charge >= 0.3 is 8.69 Å². The zero-order chi connectivity index (χ0) is 23.6. The third-order valence-corrected chi connectivity index (χ3v) is 8.08. The summed E-state index contributed by atoms with van der Waals surface area (Å²) in [5, 5.41) is 0. The Morgan fingerprint density at radius 1 is 1.03 bits per heavy atom. The van der Waals surface area contributed by atoms with E-state index in [1.165, 1.54) is 11.1 Å². The monoisotopic (exact) mass is 458 g/mol. The number of fused-ring (bicyclic) bond motifs is 2. The Morgan fingerprint density at radius 3 is 2.31 bits per heavy atom. The molecule has 2 aromatic carbocycles. The van der Waals surface area contributed by atoms with Crippen molar-refractivity contribution in [2.24, 2.45) is 0 Å². The van der Waals surface area contributed by atoms with Crippen LogP contribution in [0, 0.1) is 6.92 Å². The summed E-state index contributed by atoms with van der Waals surface area (Å²) in [6.07, 6.45) is 5.15. The maximum atomic E-state index is 15.1. The van der Waals surface area contributed by atoms with Crippen LogP contribution in [-0.4, -0.2) is 0 Å². The predicted octanol–water partition coefficient (Wildman–Crippen LogP) is 9.66. The molecule has 0 saturated carbocycles. The summed E-state index contributed by atoms with van der Waals surface area (Å²) in [6.45, 7) is 17.7. The molecule has 0 aliphatic carbocycles. The molecule has 1 aliphatic heterocycles. The molecule has 0 aromatic heterocycles. The van der Waals surface area contributed by atoms with Gasteiger partial charge in [0, 0.05) is 17.0 Å². The molecule has 3 rings (SSSR count). The SMILES string of the molecule is CCCCc1cc(C(C)(C)CC)cc2c1OP(F)Oc1c(C)cc(C(C)CC)cc1C2C. The van der Waals surface area contributed by atoms with E-state index in [4.69, 9.17) is 9.05 Å². The molecule has 0 saturated heterocycles. The minimum atomic E-state index is -2.54. The smallest absolute Gasteiger partial charge is 0.414 e. The fraction of sp³-hybridized carbons (Fsp3) is 0.571. The highest BCUT2D eigenvalue weighted by atomic mass is 31.2. The summed E-state index contributed by atoms with van der Waals surface area (Å²) < 4.78 is 26.9. The zero-order valence-corrected chi connectivity index (χ0v) is 22.0. The van der Waals surface area contributed by atoms with E-state index in [0.29, 0.717) is 17.4 Å². The Hall–Kier alpha value is -1.60. The van der Waals surface area contributed by atoms with Gasteiger partial charge in [-0.05, 0) is 66.2 Å². The van der Waals surface area contributed by atoms with Crippen LogP contribution in [0.5, 0.6) is 11.5 Å². The molecule has 0 N–H and O–H groups in total. The summed E-state index contributed by atoms with van der Waals surface area (Å²) in [5.74, 6) is 1.86. The van der Waals surface area contributed by atoms with Crippen molar-refractivity contribution in [2.45, 2.75) is 105 Å². The first-order valence-corrected chi connectivity index (χ1v) is 13.3. The van der Waals surface area contributed by atoms with Gasteiger partial charge in [0.25, 0.3) is 0 Å². The normalized spacial score (nSPS) is 19.2. The number of aryl methyl sites for hydroxylation is 2. The van der Waals surface area contributed by atoms with Crippen LogP contribution in [0.3, 0.4) is 0 Å². The topological polar surface area (TPSA) is 18.5 Å². The summed E-state index contributed by atoms with van der Waals surface area (Å²) in [7, 11) is -2.54. The van der Waals surface area contributed by atoms with Crippen molar-refractivity contribution >= 4 is 8.69 Å². The number of hydrogen-bond acceptors (Lipinski definition) is 2. The largest absolute Gasteiger partial charge is 0.505 e. The number of rotatable bonds is 7. The van der Waals surface area contributed by atoms with Crippen LogP contribution >= 0.6 is 8.69 Å². The number of benzene rings is 2. The van der Waals surface area contributed by atoms with Crippen LogP contribution < -0.4 is 9.05 Å². The molecular formula is C28H40FO2P. The summed E-state index contributed by atoms with van der Waals surface area (Å²) in [6, 6.07) is 8.90. The van der Waals surface area contributed by atoms with E-state index in [9.17, 15) is 0 Å². The van der Waals surface area contributed by atoms with Crippen LogP contribution in [0.1, 0.15) is 119 Å². The average molecular weight is 459 g/mol. The van der Waals surface area contributed by atoms with E-state index in [0.717, 1.165) is 54.4 Å². The molecule has 2 aromatic rings. The van der Waals surface area contributed by atoms with Gasteiger partial charge in [0.15, 0.2) is 0 Å². The molecule has 0 bridgehead atoms. The van der Waals surface area contributed by atoms with E-state index in [1.807, 2.05) is 6.92 Å². The highest BCUT2D eigenvalue weighted by Gasteiger charge is 2.32. The van der Waals surface area contributed by atoms with Crippen LogP contribution in [0.15, 0.2) is 24.3 Å². The predicted molar refractivity (Wildman–Crippen MR) is 135 cm³/mol. The highest BCUT2D eigenvalue weighted by Crippen LogP contribution is 2.53. The summed E-state index contributed by atoms with van der Waals surface area (Å²) in [5.41, 5.74) is 6.90. The molecule has 0 fully saturated rings. The number of halogens is 1. The number of hydrogen-bond donors (Lipinski definition) is 0. The van der Waals surface area contributed by atoms with E-state index >= 15 is 4.20 Å². The second kappa shape index (κ2) is 10.1. The molecule has 1 aliphatic rings. The molecule has 176 valence electrons. The fourth-order valence-electron chi connectivity index (χ4n) is 4.42. The molecule has 1 heterocycles. The van der Waals surface area contributed by atoms with Gasteiger partial charge in [-0.1, -0.05) is 79.2 Å². The highest BCUT2D eigenvalue weighted by molar-refractivity contribution is 7.42. The van der Waals surface area contributed by atoms with Gasteiger partial charge in [0.05, 0.1) is 0 Å². The Kier molecular flexibility index (Phi) is 7.92. The number of unbranched alkanes of at least 4 members (excludes halogenated alkanes) is 1. The standard InChI is InChI=1S/C28H40FO2P/c1-9-12-13-21-15-23(28(7,8)11-3)17-25-20(6)24-16-22(18(4)10-2)14-19(5)26(24)30-32(29)31-27(21)25/h14-18,20H,9-13H2,1-8H3. The molecule has 3 atom stereocenters. The van der Waals surface area contributed by atoms with Crippen molar-refractivity contribution < 1.29 is 13.2 Å². The second-order valence-corrected chi connectivity index (χ2v) is 10.9. The van der Waals surface area contributed by atoms with E-state index < -0.39 is 8.69 Å². The Balaban J connectivity index is 2.27. The average Bonchev–Trinajstić information content (AvgIpc) is 2.77. The van der Waals surface area contributed by atoms with Crippen molar-refractivity contribution in [3.63, 3.8) is 0 Å². The van der Waals surface area contributed by atoms with Crippen molar-refractivity contribution in [1.82, 2.24) is 0 Å². The molecular weight excluding hydrogens is 418 g/mol. The van der Waals surface area contributed by atoms with Gasteiger partial charge in [0.2, 0.25) is 0 Å². The van der Waals surface area contributed by atoms with Crippen LogP contribution in [0.2, 0.25) is 0 Å². The van der Waals surface area contributed by atoms with Crippen molar-refractivity contribution in [3.8, 4) is 11.5 Å². The van der Waals surface area contributed by atoms with Crippen LogP contribution in [0.25, 0.3) is 0 Å². The maximum absolute atomic E-state index is 15.1. The Labute approximate surface area is 196 Å². The molecule has 2 nitrogen and oxygen atoms in total. The van der Waals surface area contributed by atoms with Crippen molar-refractivity contribution in [2.75, 3.05) is 0 Å². The van der Waals surface area contributed by atoms with Gasteiger partial charge in [-0.3, -0.25) is 0 Å². The molecule has 0 radical (unpaired) electrons. The lowest BCUT2D eigenvalue weighted by Crippen LogP contribution is -2.18. The first-order valence-electron chi connectivity index (χ1n) is 12.3. The molecule has 32 heavy (non-hydrogen) atoms. The Bertz CT molecular complexity index is 953. The molecule has 3 unspecified atom stereocenters.